The predicted octanol–water partition coefficient (Wildman–Crippen LogP) is 5.25. The van der Waals surface area contributed by atoms with Crippen LogP contribution in [0.3, 0.4) is 0 Å². The zero-order valence-corrected chi connectivity index (χ0v) is 15.2. The summed E-state index contributed by atoms with van der Waals surface area (Å²) in [6.07, 6.45) is 3.07. The smallest absolute Gasteiger partial charge is 0.198 e. The molecule has 0 radical (unpaired) electrons. The van der Waals surface area contributed by atoms with Crippen molar-refractivity contribution in [3.8, 4) is 0 Å². The first-order chi connectivity index (χ1) is 10.5. The van der Waals surface area contributed by atoms with Crippen LogP contribution in [-0.2, 0) is 0 Å². The Kier molecular flexibility index (Phi) is 5.87. The third-order valence-corrected chi connectivity index (χ3v) is 4.38. The first kappa shape index (κ1) is 17.3. The lowest BCUT2D eigenvalue weighted by Crippen LogP contribution is -2.09. The van der Waals surface area contributed by atoms with Gasteiger partial charge >= 0.3 is 0 Å². The van der Waals surface area contributed by atoms with E-state index in [2.05, 4.69) is 26.2 Å². The molecule has 0 spiro atoms. The number of rotatable bonds is 4. The Morgan fingerprint density at radius 1 is 1.27 bits per heavy atom. The molecule has 7 heteroatoms. The van der Waals surface area contributed by atoms with Crippen LogP contribution in [0.4, 0.5) is 0 Å². The van der Waals surface area contributed by atoms with Gasteiger partial charge in [-0.15, -0.1) is 0 Å². The number of halogens is 4. The Balaban J connectivity index is 2.58. The van der Waals surface area contributed by atoms with Crippen molar-refractivity contribution in [1.82, 2.24) is 10.3 Å². The monoisotopic (exact) mass is 418 g/mol. The minimum absolute atomic E-state index is 0.119. The third kappa shape index (κ3) is 3.63. The van der Waals surface area contributed by atoms with E-state index >= 15 is 0 Å². The topological polar surface area (TPSA) is 42.0 Å². The van der Waals surface area contributed by atoms with Crippen LogP contribution in [0.2, 0.25) is 15.2 Å². The summed E-state index contributed by atoms with van der Waals surface area (Å²) in [7, 11) is 1.69. The van der Waals surface area contributed by atoms with Crippen molar-refractivity contribution in [3.63, 3.8) is 0 Å². The van der Waals surface area contributed by atoms with Crippen molar-refractivity contribution in [2.75, 3.05) is 7.05 Å². The zero-order valence-electron chi connectivity index (χ0n) is 11.3. The molecule has 0 aliphatic rings. The van der Waals surface area contributed by atoms with Crippen molar-refractivity contribution in [1.29, 1.82) is 0 Å². The highest BCUT2D eigenvalue weighted by Gasteiger charge is 2.21. The summed E-state index contributed by atoms with van der Waals surface area (Å²) in [5, 5.41) is 3.63. The standard InChI is InChI=1S/C15H10BrCl3N2O/c1-20-7-11(9-3-2-4-12(17)13(9)18)14(22)10-5-8(16)6-21-15(10)19/h2-7,20H,1H3/b11-7-. The second kappa shape index (κ2) is 7.47. The maximum atomic E-state index is 12.8. The van der Waals surface area contributed by atoms with Crippen LogP contribution in [0.15, 0.2) is 41.1 Å². The molecule has 0 atom stereocenters. The van der Waals surface area contributed by atoms with E-state index in [0.29, 0.717) is 25.7 Å². The molecule has 1 aromatic heterocycles. The fraction of sp³-hybridized carbons (Fsp3) is 0.0667. The maximum absolute atomic E-state index is 12.8. The summed E-state index contributed by atoms with van der Waals surface area (Å²) in [6.45, 7) is 0. The SMILES string of the molecule is CN/C=C(\C(=O)c1cc(Br)cnc1Cl)c1cccc(Cl)c1Cl. The Morgan fingerprint density at radius 2 is 2.00 bits per heavy atom. The molecular weight excluding hydrogens is 410 g/mol. The van der Waals surface area contributed by atoms with Gasteiger partial charge in [-0.25, -0.2) is 4.98 Å². The van der Waals surface area contributed by atoms with Crippen molar-refractivity contribution >= 4 is 62.1 Å². The summed E-state index contributed by atoms with van der Waals surface area (Å²) >= 11 is 21.6. The maximum Gasteiger partial charge on any atom is 0.198 e. The first-order valence-electron chi connectivity index (χ1n) is 6.13. The summed E-state index contributed by atoms with van der Waals surface area (Å²) in [5.74, 6) is -0.308. The van der Waals surface area contributed by atoms with Crippen LogP contribution in [0.1, 0.15) is 15.9 Å². The minimum atomic E-state index is -0.308. The third-order valence-electron chi connectivity index (χ3n) is 2.83. The highest BCUT2D eigenvalue weighted by atomic mass is 79.9. The molecule has 1 N–H and O–H groups in total. The molecular formula is C15H10BrCl3N2O. The van der Waals surface area contributed by atoms with E-state index in [0.717, 1.165) is 0 Å². The van der Waals surface area contributed by atoms with E-state index in [1.54, 1.807) is 37.5 Å². The van der Waals surface area contributed by atoms with Gasteiger partial charge in [-0.05, 0) is 28.1 Å². The van der Waals surface area contributed by atoms with E-state index in [1.807, 2.05) is 0 Å². The van der Waals surface area contributed by atoms with Crippen molar-refractivity contribution in [2.45, 2.75) is 0 Å². The van der Waals surface area contributed by atoms with Gasteiger partial charge in [0.2, 0.25) is 0 Å². The second-order valence-electron chi connectivity index (χ2n) is 4.27. The molecule has 1 aromatic carbocycles. The van der Waals surface area contributed by atoms with Crippen LogP contribution >= 0.6 is 50.7 Å². The molecule has 1 heterocycles. The lowest BCUT2D eigenvalue weighted by atomic mass is 9.98. The number of benzene rings is 1. The largest absolute Gasteiger partial charge is 0.393 e. The summed E-state index contributed by atoms with van der Waals surface area (Å²) in [6, 6.07) is 6.71. The Bertz CT molecular complexity index is 762. The molecule has 22 heavy (non-hydrogen) atoms. The number of Topliss-reactive ketones (excluding diaryl/α,β-unsaturated/α-hetero) is 1. The van der Waals surface area contributed by atoms with Crippen LogP contribution in [0.5, 0.6) is 0 Å². The lowest BCUT2D eigenvalue weighted by molar-refractivity contribution is 0.105. The summed E-state index contributed by atoms with van der Waals surface area (Å²) in [4.78, 5) is 16.8. The van der Waals surface area contributed by atoms with Gasteiger partial charge in [-0.2, -0.15) is 0 Å². The molecule has 0 aliphatic heterocycles. The number of aromatic nitrogens is 1. The molecule has 0 aliphatic carbocycles. The molecule has 2 aromatic rings. The van der Waals surface area contributed by atoms with Crippen LogP contribution in [-0.4, -0.2) is 17.8 Å². The van der Waals surface area contributed by atoms with Crippen LogP contribution in [0.25, 0.3) is 5.57 Å². The molecule has 0 amide bonds. The van der Waals surface area contributed by atoms with Crippen LogP contribution < -0.4 is 5.32 Å². The number of nitrogens with zero attached hydrogens (tertiary/aromatic N) is 1. The van der Waals surface area contributed by atoms with Gasteiger partial charge in [-0.1, -0.05) is 46.9 Å². The number of nitrogens with one attached hydrogen (secondary N) is 1. The summed E-state index contributed by atoms with van der Waals surface area (Å²) in [5.41, 5.74) is 1.13. The molecule has 0 bridgehead atoms. The summed E-state index contributed by atoms with van der Waals surface area (Å²) < 4.78 is 0.654. The zero-order chi connectivity index (χ0) is 16.3. The number of ketones is 1. The number of carbonyl (C=O) groups is 1. The Hall–Kier alpha value is -1.07. The molecule has 0 saturated heterocycles. The molecule has 114 valence electrons. The van der Waals surface area contributed by atoms with Crippen molar-refractivity contribution in [3.05, 3.63) is 67.5 Å². The predicted molar refractivity (Wildman–Crippen MR) is 94.8 cm³/mol. The highest BCUT2D eigenvalue weighted by Crippen LogP contribution is 2.33. The lowest BCUT2D eigenvalue weighted by Gasteiger charge is -2.11. The Labute approximate surface area is 151 Å². The van der Waals surface area contributed by atoms with Crippen LogP contribution in [0, 0.1) is 0 Å². The van der Waals surface area contributed by atoms with Crippen molar-refractivity contribution in [2.24, 2.45) is 0 Å². The van der Waals surface area contributed by atoms with Gasteiger partial charge in [0.1, 0.15) is 5.15 Å². The average Bonchev–Trinajstić information content (AvgIpc) is 2.50. The van der Waals surface area contributed by atoms with E-state index in [4.69, 9.17) is 34.8 Å². The van der Waals surface area contributed by atoms with E-state index < -0.39 is 0 Å². The fourth-order valence-corrected chi connectivity index (χ4v) is 2.77. The number of hydrogen-bond donors (Lipinski definition) is 1. The number of pyridine rings is 1. The molecule has 3 nitrogen and oxygen atoms in total. The molecule has 0 unspecified atom stereocenters. The number of allylic oxidation sites excluding steroid dienone is 1. The van der Waals surface area contributed by atoms with E-state index in [1.165, 1.54) is 6.20 Å². The van der Waals surface area contributed by atoms with Gasteiger partial charge < -0.3 is 5.32 Å². The van der Waals surface area contributed by atoms with Gasteiger partial charge in [0.05, 0.1) is 15.6 Å². The number of hydrogen-bond acceptors (Lipinski definition) is 3. The van der Waals surface area contributed by atoms with Gasteiger partial charge in [-0.3, -0.25) is 4.79 Å². The highest BCUT2D eigenvalue weighted by molar-refractivity contribution is 9.10. The average molecular weight is 421 g/mol. The van der Waals surface area contributed by atoms with Gasteiger partial charge in [0.15, 0.2) is 5.78 Å². The molecule has 0 fully saturated rings. The number of carbonyl (C=O) groups excluding carboxylic acids is 1. The minimum Gasteiger partial charge on any atom is -0.393 e. The second-order valence-corrected chi connectivity index (χ2v) is 6.33. The van der Waals surface area contributed by atoms with E-state index in [9.17, 15) is 4.79 Å². The molecule has 2 rings (SSSR count). The molecule has 0 saturated carbocycles. The first-order valence-corrected chi connectivity index (χ1v) is 8.06. The quantitative estimate of drug-likeness (QED) is 0.417. The fourth-order valence-electron chi connectivity index (χ4n) is 1.85. The Morgan fingerprint density at radius 3 is 2.68 bits per heavy atom. The van der Waals surface area contributed by atoms with E-state index in [-0.39, 0.29) is 16.5 Å². The van der Waals surface area contributed by atoms with Crippen molar-refractivity contribution < 1.29 is 4.79 Å². The normalized spacial score (nSPS) is 11.4. The van der Waals surface area contributed by atoms with Gasteiger partial charge in [0.25, 0.3) is 0 Å². The van der Waals surface area contributed by atoms with Gasteiger partial charge in [0, 0.05) is 35.1 Å².